The van der Waals surface area contributed by atoms with Gasteiger partial charge in [-0.1, -0.05) is 11.6 Å². The van der Waals surface area contributed by atoms with Gasteiger partial charge in [-0.2, -0.15) is 0 Å². The monoisotopic (exact) mass is 272 g/mol. The topological polar surface area (TPSA) is 61.8 Å². The number of carbonyl (C=O) groups excluding carboxylic acids is 2. The van der Waals surface area contributed by atoms with Gasteiger partial charge in [0.15, 0.2) is 11.5 Å². The van der Waals surface area contributed by atoms with Crippen molar-refractivity contribution >= 4 is 23.5 Å². The van der Waals surface area contributed by atoms with Crippen LogP contribution in [0, 0.1) is 6.92 Å². The van der Waals surface area contributed by atoms with Crippen LogP contribution in [0.1, 0.15) is 19.4 Å². The van der Waals surface area contributed by atoms with E-state index in [0.29, 0.717) is 10.6 Å². The molecular formula is C12H13ClO5. The molecule has 0 saturated carbocycles. The summed E-state index contributed by atoms with van der Waals surface area (Å²) in [5, 5.41) is 0.309. The smallest absolute Gasteiger partial charge is 0.308 e. The highest BCUT2D eigenvalue weighted by Crippen LogP contribution is 2.43. The lowest BCUT2D eigenvalue weighted by Crippen LogP contribution is -2.08. The lowest BCUT2D eigenvalue weighted by Gasteiger charge is -2.15. The van der Waals surface area contributed by atoms with Gasteiger partial charge in [0.1, 0.15) is 0 Å². The first kappa shape index (κ1) is 14.3. The van der Waals surface area contributed by atoms with Crippen molar-refractivity contribution in [3.05, 3.63) is 16.7 Å². The number of ether oxygens (including phenoxy) is 3. The van der Waals surface area contributed by atoms with E-state index in [9.17, 15) is 9.59 Å². The molecule has 0 aliphatic rings. The van der Waals surface area contributed by atoms with E-state index in [1.54, 1.807) is 6.92 Å². The molecule has 98 valence electrons. The molecule has 1 aromatic carbocycles. The molecule has 0 unspecified atom stereocenters. The molecule has 0 fully saturated rings. The maximum Gasteiger partial charge on any atom is 0.308 e. The zero-order valence-corrected chi connectivity index (χ0v) is 11.3. The van der Waals surface area contributed by atoms with Gasteiger partial charge in [0.25, 0.3) is 0 Å². The van der Waals surface area contributed by atoms with Gasteiger partial charge in [0.2, 0.25) is 5.75 Å². The van der Waals surface area contributed by atoms with E-state index >= 15 is 0 Å². The summed E-state index contributed by atoms with van der Waals surface area (Å²) in [6.07, 6.45) is 0. The van der Waals surface area contributed by atoms with E-state index < -0.39 is 11.9 Å². The van der Waals surface area contributed by atoms with Crippen LogP contribution in [0.25, 0.3) is 0 Å². The van der Waals surface area contributed by atoms with Crippen molar-refractivity contribution in [1.82, 2.24) is 0 Å². The first-order valence-corrected chi connectivity index (χ1v) is 5.48. The first-order valence-electron chi connectivity index (χ1n) is 5.10. The summed E-state index contributed by atoms with van der Waals surface area (Å²) in [7, 11) is 1.38. The molecule has 0 aliphatic heterocycles. The third-order valence-corrected chi connectivity index (χ3v) is 2.48. The number of halogens is 1. The Hall–Kier alpha value is -1.75. The molecule has 0 aliphatic carbocycles. The van der Waals surface area contributed by atoms with E-state index in [-0.39, 0.29) is 17.2 Å². The molecule has 0 saturated heterocycles. The normalized spacial score (nSPS) is 9.83. The van der Waals surface area contributed by atoms with Gasteiger partial charge >= 0.3 is 11.9 Å². The number of hydrogen-bond acceptors (Lipinski definition) is 5. The molecule has 0 aromatic heterocycles. The highest BCUT2D eigenvalue weighted by Gasteiger charge is 2.20. The Morgan fingerprint density at radius 3 is 2.11 bits per heavy atom. The van der Waals surface area contributed by atoms with E-state index in [2.05, 4.69) is 0 Å². The molecule has 0 N–H and O–H groups in total. The molecule has 0 radical (unpaired) electrons. The number of rotatable bonds is 3. The minimum absolute atomic E-state index is 0.108. The summed E-state index contributed by atoms with van der Waals surface area (Å²) in [6, 6.07) is 1.43. The van der Waals surface area contributed by atoms with E-state index in [1.807, 2.05) is 0 Å². The van der Waals surface area contributed by atoms with Crippen LogP contribution in [-0.4, -0.2) is 19.0 Å². The molecule has 0 spiro atoms. The predicted octanol–water partition coefficient (Wildman–Crippen LogP) is 2.51. The summed E-state index contributed by atoms with van der Waals surface area (Å²) >= 11 is 5.98. The highest BCUT2D eigenvalue weighted by atomic mass is 35.5. The number of esters is 2. The lowest BCUT2D eigenvalue weighted by atomic mass is 10.2. The predicted molar refractivity (Wildman–Crippen MR) is 65.4 cm³/mol. The maximum absolute atomic E-state index is 11.0. The second-order valence-electron chi connectivity index (χ2n) is 3.53. The lowest BCUT2D eigenvalue weighted by molar-refractivity contribution is -0.132. The number of benzene rings is 1. The van der Waals surface area contributed by atoms with Gasteiger partial charge in [0.05, 0.1) is 12.1 Å². The van der Waals surface area contributed by atoms with Crippen LogP contribution >= 0.6 is 11.6 Å². The van der Waals surface area contributed by atoms with Gasteiger partial charge in [-0.05, 0) is 6.92 Å². The number of hydrogen-bond donors (Lipinski definition) is 0. The molecule has 0 amide bonds. The Balaban J connectivity index is 3.40. The van der Waals surface area contributed by atoms with Crippen LogP contribution in [0.15, 0.2) is 6.07 Å². The van der Waals surface area contributed by atoms with Gasteiger partial charge in [0, 0.05) is 25.5 Å². The van der Waals surface area contributed by atoms with Crippen LogP contribution in [0.2, 0.25) is 5.02 Å². The van der Waals surface area contributed by atoms with Gasteiger partial charge in [-0.25, -0.2) is 0 Å². The third-order valence-electron chi connectivity index (χ3n) is 2.09. The Morgan fingerprint density at radius 1 is 1.11 bits per heavy atom. The summed E-state index contributed by atoms with van der Waals surface area (Å²) in [4.78, 5) is 22.0. The van der Waals surface area contributed by atoms with Crippen molar-refractivity contribution in [1.29, 1.82) is 0 Å². The first-order chi connectivity index (χ1) is 8.36. The molecule has 5 nitrogen and oxygen atoms in total. The third kappa shape index (κ3) is 3.13. The van der Waals surface area contributed by atoms with Crippen LogP contribution in [-0.2, 0) is 9.59 Å². The fraction of sp³-hybridized carbons (Fsp3) is 0.333. The second kappa shape index (κ2) is 5.73. The standard InChI is InChI=1S/C12H13ClO5/c1-6-9(13)5-10(17-7(2)14)12(16-4)11(6)18-8(3)15/h5H,1-4H3. The molecule has 0 heterocycles. The zero-order chi connectivity index (χ0) is 13.9. The summed E-state index contributed by atoms with van der Waals surface area (Å²) in [5.74, 6) is -0.637. The Labute approximate surface area is 110 Å². The molecule has 1 rings (SSSR count). The Kier molecular flexibility index (Phi) is 4.55. The summed E-state index contributed by atoms with van der Waals surface area (Å²) < 4.78 is 15.1. The molecule has 6 heteroatoms. The SMILES string of the molecule is COc1c(OC(C)=O)cc(Cl)c(C)c1OC(C)=O. The quantitative estimate of drug-likeness (QED) is 0.625. The average molecular weight is 273 g/mol. The van der Waals surface area contributed by atoms with E-state index in [4.69, 9.17) is 25.8 Å². The van der Waals surface area contributed by atoms with Crippen molar-refractivity contribution in [3.8, 4) is 17.2 Å². The van der Waals surface area contributed by atoms with Crippen LogP contribution < -0.4 is 14.2 Å². The Morgan fingerprint density at radius 2 is 1.67 bits per heavy atom. The fourth-order valence-electron chi connectivity index (χ4n) is 1.37. The average Bonchev–Trinajstić information content (AvgIpc) is 2.24. The largest absolute Gasteiger partial charge is 0.490 e. The second-order valence-corrected chi connectivity index (χ2v) is 3.94. The molecule has 0 bridgehead atoms. The van der Waals surface area contributed by atoms with Gasteiger partial charge < -0.3 is 14.2 Å². The zero-order valence-electron chi connectivity index (χ0n) is 10.5. The van der Waals surface area contributed by atoms with Crippen LogP contribution in [0.4, 0.5) is 0 Å². The number of methoxy groups -OCH3 is 1. The minimum Gasteiger partial charge on any atom is -0.490 e. The molecule has 1 aromatic rings. The van der Waals surface area contributed by atoms with Crippen molar-refractivity contribution in [2.75, 3.05) is 7.11 Å². The van der Waals surface area contributed by atoms with Crippen molar-refractivity contribution < 1.29 is 23.8 Å². The van der Waals surface area contributed by atoms with Crippen molar-refractivity contribution in [2.24, 2.45) is 0 Å². The highest BCUT2D eigenvalue weighted by molar-refractivity contribution is 6.31. The molecule has 18 heavy (non-hydrogen) atoms. The van der Waals surface area contributed by atoms with Crippen molar-refractivity contribution in [3.63, 3.8) is 0 Å². The molecular weight excluding hydrogens is 260 g/mol. The van der Waals surface area contributed by atoms with Gasteiger partial charge in [-0.15, -0.1) is 0 Å². The summed E-state index contributed by atoms with van der Waals surface area (Å²) in [6.45, 7) is 4.17. The van der Waals surface area contributed by atoms with Crippen LogP contribution in [0.5, 0.6) is 17.2 Å². The Bertz CT molecular complexity index is 496. The number of carbonyl (C=O) groups is 2. The molecule has 0 atom stereocenters. The van der Waals surface area contributed by atoms with Crippen LogP contribution in [0.3, 0.4) is 0 Å². The van der Waals surface area contributed by atoms with E-state index in [1.165, 1.54) is 27.0 Å². The fourth-order valence-corrected chi connectivity index (χ4v) is 1.56. The maximum atomic E-state index is 11.0. The summed E-state index contributed by atoms with van der Waals surface area (Å²) in [5.41, 5.74) is 0.527. The minimum atomic E-state index is -0.526. The van der Waals surface area contributed by atoms with E-state index in [0.717, 1.165) is 0 Å². The van der Waals surface area contributed by atoms with Crippen molar-refractivity contribution in [2.45, 2.75) is 20.8 Å². The van der Waals surface area contributed by atoms with Gasteiger partial charge in [-0.3, -0.25) is 9.59 Å².